The van der Waals surface area contributed by atoms with E-state index in [9.17, 15) is 19.1 Å². The second-order valence-corrected chi connectivity index (χ2v) is 9.81. The number of anilines is 1. The minimum Gasteiger partial charge on any atom is -0.458 e. The number of thioether (sulfide) groups is 1. The van der Waals surface area contributed by atoms with E-state index in [-0.39, 0.29) is 35.7 Å². The normalized spacial score (nSPS) is 16.1. The minimum atomic E-state index is -1.53. The molecule has 2 aliphatic heterocycles. The lowest BCUT2D eigenvalue weighted by molar-refractivity contribution is -0.157. The van der Waals surface area contributed by atoms with Gasteiger partial charge in [-0.1, -0.05) is 0 Å². The lowest BCUT2D eigenvalue weighted by Crippen LogP contribution is -2.32. The third-order valence-corrected chi connectivity index (χ3v) is 7.66. The molecule has 2 aromatic carbocycles. The number of carbonyl (C=O) groups excluding carboxylic acids is 1. The monoisotopic (exact) mass is 489 g/mol. The first-order valence-corrected chi connectivity index (χ1v) is 12.0. The van der Waals surface area contributed by atoms with Crippen LogP contribution in [0.2, 0.25) is 0 Å². The van der Waals surface area contributed by atoms with E-state index in [1.807, 2.05) is 24.3 Å². The quantitative estimate of drug-likeness (QED) is 0.225. The molecule has 176 valence electrons. The number of aromatic nitrogens is 2. The van der Waals surface area contributed by atoms with Gasteiger partial charge in [0, 0.05) is 38.9 Å². The standard InChI is InChI=1S/C26H20FN3O4S/c1-12-6-15-19(11-35-14-4-2-13(28)3-5-14)17-9-30-22(23(17)29-21(15)8-20(12)27)7-16-18(25(30)32)10-34-26(33)24(16)31/h2-8,24,31H,9-11,28H2,1H3. The number of esters is 1. The number of halogens is 1. The van der Waals surface area contributed by atoms with Crippen molar-refractivity contribution >= 4 is 34.3 Å². The SMILES string of the molecule is Cc1cc2c(CSc3ccc(N)cc3)c3c(nc2cc1F)-c1cc2c(c(=O)n1C3)COC(=O)C2O. The van der Waals surface area contributed by atoms with Crippen molar-refractivity contribution in [2.75, 3.05) is 5.73 Å². The van der Waals surface area contributed by atoms with Crippen LogP contribution in [0.15, 0.2) is 52.2 Å². The van der Waals surface area contributed by atoms with Crippen molar-refractivity contribution in [1.29, 1.82) is 0 Å². The van der Waals surface area contributed by atoms with Gasteiger partial charge in [-0.3, -0.25) is 4.79 Å². The first-order valence-electron chi connectivity index (χ1n) is 11.0. The molecule has 2 aliphatic rings. The van der Waals surface area contributed by atoms with Crippen molar-refractivity contribution in [2.24, 2.45) is 0 Å². The summed E-state index contributed by atoms with van der Waals surface area (Å²) in [7, 11) is 0. The highest BCUT2D eigenvalue weighted by molar-refractivity contribution is 7.98. The Labute approximate surface area is 203 Å². The van der Waals surface area contributed by atoms with Crippen LogP contribution in [0.3, 0.4) is 0 Å². The van der Waals surface area contributed by atoms with Crippen LogP contribution < -0.4 is 11.3 Å². The number of hydrogen-bond donors (Lipinski definition) is 2. The Morgan fingerprint density at radius 2 is 1.97 bits per heavy atom. The van der Waals surface area contributed by atoms with Gasteiger partial charge in [0.05, 0.1) is 29.0 Å². The number of nitrogens with zero attached hydrogens (tertiary/aromatic N) is 2. The predicted octanol–water partition coefficient (Wildman–Crippen LogP) is 3.84. The second-order valence-electron chi connectivity index (χ2n) is 8.76. The molecule has 2 aromatic heterocycles. The number of ether oxygens (including phenoxy) is 1. The van der Waals surface area contributed by atoms with Crippen LogP contribution in [0.25, 0.3) is 22.3 Å². The number of carbonyl (C=O) groups is 1. The number of fused-ring (bicyclic) bond motifs is 5. The number of rotatable bonds is 3. The van der Waals surface area contributed by atoms with Gasteiger partial charge in [0.25, 0.3) is 5.56 Å². The summed E-state index contributed by atoms with van der Waals surface area (Å²) in [6, 6.07) is 12.4. The Kier molecular flexibility index (Phi) is 4.94. The summed E-state index contributed by atoms with van der Waals surface area (Å²) in [6.07, 6.45) is -1.53. The molecular formula is C26H20FN3O4S. The lowest BCUT2D eigenvalue weighted by Gasteiger charge is -2.21. The molecule has 1 atom stereocenters. The fraction of sp³-hybridized carbons (Fsp3) is 0.192. The summed E-state index contributed by atoms with van der Waals surface area (Å²) in [4.78, 5) is 31.0. The Balaban J connectivity index is 1.55. The van der Waals surface area contributed by atoms with Gasteiger partial charge in [-0.2, -0.15) is 0 Å². The summed E-state index contributed by atoms with van der Waals surface area (Å²) < 4.78 is 21.1. The van der Waals surface area contributed by atoms with E-state index in [0.29, 0.717) is 33.9 Å². The maximum Gasteiger partial charge on any atom is 0.340 e. The maximum absolute atomic E-state index is 14.5. The zero-order valence-corrected chi connectivity index (χ0v) is 19.5. The minimum absolute atomic E-state index is 0.180. The van der Waals surface area contributed by atoms with E-state index in [4.69, 9.17) is 15.5 Å². The van der Waals surface area contributed by atoms with Crippen LogP contribution in [0.1, 0.15) is 33.9 Å². The van der Waals surface area contributed by atoms with Crippen molar-refractivity contribution in [3.63, 3.8) is 0 Å². The van der Waals surface area contributed by atoms with E-state index >= 15 is 0 Å². The lowest BCUT2D eigenvalue weighted by atomic mass is 9.98. The number of aliphatic hydroxyl groups is 1. The largest absolute Gasteiger partial charge is 0.458 e. The highest BCUT2D eigenvalue weighted by atomic mass is 32.2. The van der Waals surface area contributed by atoms with E-state index in [0.717, 1.165) is 21.4 Å². The van der Waals surface area contributed by atoms with Crippen molar-refractivity contribution in [3.05, 3.63) is 86.5 Å². The summed E-state index contributed by atoms with van der Waals surface area (Å²) in [5, 5.41) is 11.2. The number of nitrogens with two attached hydrogens (primary N) is 1. The molecule has 7 nitrogen and oxygen atoms in total. The highest BCUT2D eigenvalue weighted by Crippen LogP contribution is 2.40. The average Bonchev–Trinajstić information content (AvgIpc) is 3.20. The molecule has 3 N–H and O–H groups in total. The van der Waals surface area contributed by atoms with Gasteiger partial charge >= 0.3 is 5.97 Å². The molecule has 0 aliphatic carbocycles. The third-order valence-electron chi connectivity index (χ3n) is 6.62. The smallest absolute Gasteiger partial charge is 0.340 e. The van der Waals surface area contributed by atoms with E-state index < -0.39 is 12.1 Å². The van der Waals surface area contributed by atoms with Crippen LogP contribution >= 0.6 is 11.8 Å². The van der Waals surface area contributed by atoms with Gasteiger partial charge in [-0.25, -0.2) is 14.2 Å². The molecule has 0 saturated heterocycles. The van der Waals surface area contributed by atoms with Gasteiger partial charge < -0.3 is 20.1 Å². The Bertz CT molecular complexity index is 1610. The molecule has 0 amide bonds. The number of pyridine rings is 2. The second kappa shape index (κ2) is 7.93. The maximum atomic E-state index is 14.5. The van der Waals surface area contributed by atoms with Crippen molar-refractivity contribution in [2.45, 2.75) is 36.8 Å². The summed E-state index contributed by atoms with van der Waals surface area (Å²) in [6.45, 7) is 1.82. The zero-order valence-electron chi connectivity index (χ0n) is 18.7. The predicted molar refractivity (Wildman–Crippen MR) is 130 cm³/mol. The number of benzene rings is 2. The summed E-state index contributed by atoms with van der Waals surface area (Å²) in [5.74, 6) is -0.575. The number of hydrogen-bond acceptors (Lipinski definition) is 7. The molecule has 6 rings (SSSR count). The Morgan fingerprint density at radius 1 is 1.20 bits per heavy atom. The molecule has 0 bridgehead atoms. The molecule has 0 radical (unpaired) electrons. The van der Waals surface area contributed by atoms with Gasteiger partial charge in [-0.05, 0) is 54.4 Å². The third kappa shape index (κ3) is 3.42. The van der Waals surface area contributed by atoms with Crippen LogP contribution in [0, 0.1) is 12.7 Å². The van der Waals surface area contributed by atoms with Crippen molar-refractivity contribution < 1.29 is 19.0 Å². The topological polar surface area (TPSA) is 107 Å². The molecule has 0 fully saturated rings. The van der Waals surface area contributed by atoms with Crippen LogP contribution in [0.4, 0.5) is 10.1 Å². The first-order chi connectivity index (χ1) is 16.8. The number of aryl methyl sites for hydroxylation is 1. The molecule has 9 heteroatoms. The molecule has 4 heterocycles. The average molecular weight is 490 g/mol. The molecule has 1 unspecified atom stereocenters. The van der Waals surface area contributed by atoms with Gasteiger partial charge in [0.2, 0.25) is 0 Å². The first kappa shape index (κ1) is 21.8. The highest BCUT2D eigenvalue weighted by Gasteiger charge is 2.34. The Morgan fingerprint density at radius 3 is 2.74 bits per heavy atom. The number of nitrogen functional groups attached to an aromatic ring is 1. The molecule has 35 heavy (non-hydrogen) atoms. The zero-order chi connectivity index (χ0) is 24.4. The van der Waals surface area contributed by atoms with Crippen LogP contribution in [0.5, 0.6) is 0 Å². The van der Waals surface area contributed by atoms with Crippen LogP contribution in [-0.4, -0.2) is 20.6 Å². The van der Waals surface area contributed by atoms with Gasteiger partial charge in [0.15, 0.2) is 6.10 Å². The van der Waals surface area contributed by atoms with E-state index in [2.05, 4.69) is 0 Å². The van der Waals surface area contributed by atoms with E-state index in [1.165, 1.54) is 6.07 Å². The summed E-state index contributed by atoms with van der Waals surface area (Å²) >= 11 is 1.61. The number of aliphatic hydroxyl groups excluding tert-OH is 1. The van der Waals surface area contributed by atoms with Crippen LogP contribution in [-0.2, 0) is 28.4 Å². The fourth-order valence-corrected chi connectivity index (χ4v) is 5.69. The molecular weight excluding hydrogens is 469 g/mol. The number of cyclic esters (lactones) is 1. The fourth-order valence-electron chi connectivity index (χ4n) is 4.72. The van der Waals surface area contributed by atoms with Gasteiger partial charge in [-0.15, -0.1) is 11.8 Å². The molecule has 0 saturated carbocycles. The van der Waals surface area contributed by atoms with Crippen molar-refractivity contribution in [1.82, 2.24) is 9.55 Å². The van der Waals surface area contributed by atoms with Crippen molar-refractivity contribution in [3.8, 4) is 11.4 Å². The molecule has 0 spiro atoms. The van der Waals surface area contributed by atoms with E-state index in [1.54, 1.807) is 35.4 Å². The summed E-state index contributed by atoms with van der Waals surface area (Å²) in [5.41, 5.74) is 10.5. The molecule has 4 aromatic rings. The van der Waals surface area contributed by atoms with Gasteiger partial charge in [0.1, 0.15) is 12.4 Å². The Hall–Kier alpha value is -3.69.